The van der Waals surface area contributed by atoms with Crippen molar-refractivity contribution in [2.24, 2.45) is 0 Å². The van der Waals surface area contributed by atoms with Crippen molar-refractivity contribution in [3.63, 3.8) is 0 Å². The van der Waals surface area contributed by atoms with Gasteiger partial charge in [0.15, 0.2) is 0 Å². The minimum Gasteiger partial charge on any atom is -0.497 e. The first-order valence-electron chi connectivity index (χ1n) is 8.86. The third kappa shape index (κ3) is 9.05. The van der Waals surface area contributed by atoms with Crippen LogP contribution in [0, 0.1) is 0 Å². The van der Waals surface area contributed by atoms with Crippen LogP contribution in [-0.4, -0.2) is 26.2 Å². The Morgan fingerprint density at radius 1 is 1.04 bits per heavy atom. The van der Waals surface area contributed by atoms with E-state index in [1.165, 1.54) is 0 Å². The van der Waals surface area contributed by atoms with Crippen molar-refractivity contribution >= 4 is 0 Å². The number of ether oxygens (including phenoxy) is 2. The lowest BCUT2D eigenvalue weighted by atomic mass is 9.92. The molecule has 0 aromatic heterocycles. The van der Waals surface area contributed by atoms with E-state index >= 15 is 0 Å². The van der Waals surface area contributed by atoms with Crippen molar-refractivity contribution in [3.05, 3.63) is 23.8 Å². The summed E-state index contributed by atoms with van der Waals surface area (Å²) in [5.41, 5.74) is 1.01. The smallest absolute Gasteiger partial charge is 0.248 e. The third-order valence-electron chi connectivity index (χ3n) is 3.79. The molecule has 0 unspecified atom stereocenters. The van der Waals surface area contributed by atoms with Crippen molar-refractivity contribution in [2.45, 2.75) is 79.3 Å². The fourth-order valence-electron chi connectivity index (χ4n) is 2.50. The molecular formula is C20H37F2NO2. The highest BCUT2D eigenvalue weighted by molar-refractivity contribution is 5.40. The minimum atomic E-state index is -2.48. The summed E-state index contributed by atoms with van der Waals surface area (Å²) in [4.78, 5) is 0. The highest BCUT2D eigenvalue weighted by Gasteiger charge is 2.34. The van der Waals surface area contributed by atoms with E-state index in [4.69, 9.17) is 9.47 Å². The number of nitrogens with one attached hydrogen (secondary N) is 1. The van der Waals surface area contributed by atoms with Gasteiger partial charge in [-0.1, -0.05) is 41.2 Å². The monoisotopic (exact) mass is 361 g/mol. The molecule has 1 aromatic carbocycles. The molecule has 1 fully saturated rings. The summed E-state index contributed by atoms with van der Waals surface area (Å²) in [6.07, 6.45) is 0.992. The van der Waals surface area contributed by atoms with E-state index in [0.717, 1.165) is 17.1 Å². The predicted molar refractivity (Wildman–Crippen MR) is 103 cm³/mol. The lowest BCUT2D eigenvalue weighted by Crippen LogP contribution is -2.36. The van der Waals surface area contributed by atoms with Crippen LogP contribution in [0.25, 0.3) is 0 Å². The van der Waals surface area contributed by atoms with E-state index < -0.39 is 5.92 Å². The molecule has 0 radical (unpaired) electrons. The molecule has 25 heavy (non-hydrogen) atoms. The van der Waals surface area contributed by atoms with Crippen LogP contribution in [-0.2, 0) is 6.54 Å². The van der Waals surface area contributed by atoms with Gasteiger partial charge in [0.1, 0.15) is 11.5 Å². The van der Waals surface area contributed by atoms with E-state index in [1.54, 1.807) is 14.2 Å². The van der Waals surface area contributed by atoms with Crippen LogP contribution in [0.15, 0.2) is 18.2 Å². The van der Waals surface area contributed by atoms with Crippen molar-refractivity contribution in [1.82, 2.24) is 5.32 Å². The van der Waals surface area contributed by atoms with Gasteiger partial charge in [-0.25, -0.2) is 8.78 Å². The van der Waals surface area contributed by atoms with Crippen molar-refractivity contribution in [1.29, 1.82) is 0 Å². The lowest BCUT2D eigenvalue weighted by molar-refractivity contribution is -0.0405. The van der Waals surface area contributed by atoms with Crippen molar-refractivity contribution in [3.8, 4) is 11.5 Å². The normalized spacial score (nSPS) is 15.5. The minimum absolute atomic E-state index is 0. The third-order valence-corrected chi connectivity index (χ3v) is 3.79. The Bertz CT molecular complexity index is 443. The number of hydrogen-bond donors (Lipinski definition) is 1. The summed E-state index contributed by atoms with van der Waals surface area (Å²) in [5.74, 6) is -0.989. The Hall–Kier alpha value is -1.36. The fraction of sp³-hybridized carbons (Fsp3) is 0.700. The van der Waals surface area contributed by atoms with Crippen LogP contribution in [0.2, 0.25) is 0 Å². The highest BCUT2D eigenvalue weighted by Crippen LogP contribution is 2.33. The molecule has 0 amide bonds. The molecule has 1 N–H and O–H groups in total. The maximum absolute atomic E-state index is 13.1. The first-order valence-corrected chi connectivity index (χ1v) is 8.86. The molecule has 1 aliphatic carbocycles. The quantitative estimate of drug-likeness (QED) is 0.691. The molecule has 1 aromatic rings. The van der Waals surface area contributed by atoms with Gasteiger partial charge < -0.3 is 14.8 Å². The maximum Gasteiger partial charge on any atom is 0.248 e. The Morgan fingerprint density at radius 3 is 2.08 bits per heavy atom. The van der Waals surface area contributed by atoms with E-state index in [-0.39, 0.29) is 26.3 Å². The number of rotatable bonds is 5. The Balaban J connectivity index is 0. The van der Waals surface area contributed by atoms with Gasteiger partial charge in [-0.3, -0.25) is 0 Å². The molecule has 0 spiro atoms. The summed E-state index contributed by atoms with van der Waals surface area (Å²) in [5, 5.41) is 3.33. The number of methoxy groups -OCH3 is 2. The molecule has 0 saturated heterocycles. The van der Waals surface area contributed by atoms with Crippen LogP contribution in [0.3, 0.4) is 0 Å². The Morgan fingerprint density at radius 2 is 1.60 bits per heavy atom. The molecule has 3 nitrogen and oxygen atoms in total. The number of hydrogen-bond acceptors (Lipinski definition) is 3. The molecule has 1 saturated carbocycles. The van der Waals surface area contributed by atoms with Crippen LogP contribution >= 0.6 is 0 Å². The first kappa shape index (κ1) is 25.9. The van der Waals surface area contributed by atoms with Crippen LogP contribution < -0.4 is 14.8 Å². The second kappa shape index (κ2) is 13.9. The predicted octanol–water partition coefficient (Wildman–Crippen LogP) is 6.06. The van der Waals surface area contributed by atoms with Crippen LogP contribution in [0.5, 0.6) is 11.5 Å². The average molecular weight is 362 g/mol. The Kier molecular flexibility index (Phi) is 14.4. The Labute approximate surface area is 153 Å². The molecule has 5 heteroatoms. The zero-order valence-electron chi connectivity index (χ0n) is 15.9. The van der Waals surface area contributed by atoms with Gasteiger partial charge in [-0.15, -0.1) is 0 Å². The number of alkyl halides is 2. The maximum atomic E-state index is 13.1. The largest absolute Gasteiger partial charge is 0.497 e. The average Bonchev–Trinajstić information content (AvgIpc) is 2.64. The van der Waals surface area contributed by atoms with Crippen LogP contribution in [0.1, 0.15) is 66.4 Å². The molecule has 2 rings (SSSR count). The van der Waals surface area contributed by atoms with Gasteiger partial charge in [-0.2, -0.15) is 0 Å². The SMILES string of the molecule is C.CC.CC.COc1ccc(CNC2CCC(F)(F)CC2)c(OC)c1. The van der Waals surface area contributed by atoms with E-state index in [2.05, 4.69) is 5.32 Å². The zero-order chi connectivity index (χ0) is 18.6. The standard InChI is InChI=1S/C15H21F2NO2.2C2H6.CH4/c1-19-13-4-3-11(14(9-13)20-2)10-18-12-5-7-15(16,17)8-6-12;2*1-2;/h3-4,9,12,18H,5-8,10H2,1-2H3;2*1-2H3;1H4. The number of halogens is 2. The highest BCUT2D eigenvalue weighted by atomic mass is 19.3. The van der Waals surface area contributed by atoms with Crippen molar-refractivity contribution < 1.29 is 18.3 Å². The summed E-state index contributed by atoms with van der Waals surface area (Å²) in [6, 6.07) is 5.78. The van der Waals surface area contributed by atoms with Crippen molar-refractivity contribution in [2.75, 3.05) is 14.2 Å². The van der Waals surface area contributed by atoms with Gasteiger partial charge in [-0.05, 0) is 18.9 Å². The van der Waals surface area contributed by atoms with Gasteiger partial charge >= 0.3 is 0 Å². The van der Waals surface area contributed by atoms with E-state index in [0.29, 0.717) is 19.4 Å². The molecule has 0 heterocycles. The topological polar surface area (TPSA) is 30.5 Å². The first-order chi connectivity index (χ1) is 11.5. The van der Waals surface area contributed by atoms with Crippen LogP contribution in [0.4, 0.5) is 8.78 Å². The van der Waals surface area contributed by atoms with E-state index in [9.17, 15) is 8.78 Å². The molecule has 0 aliphatic heterocycles. The van der Waals surface area contributed by atoms with Gasteiger partial charge in [0.05, 0.1) is 14.2 Å². The summed E-state index contributed by atoms with van der Waals surface area (Å²) in [7, 11) is 3.22. The van der Waals surface area contributed by atoms with Gasteiger partial charge in [0.2, 0.25) is 5.92 Å². The van der Waals surface area contributed by atoms with Gasteiger partial charge in [0, 0.05) is 37.1 Å². The second-order valence-corrected chi connectivity index (χ2v) is 5.19. The summed E-state index contributed by atoms with van der Waals surface area (Å²) < 4.78 is 36.6. The molecule has 0 bridgehead atoms. The zero-order valence-corrected chi connectivity index (χ0v) is 15.9. The van der Waals surface area contributed by atoms with Gasteiger partial charge in [0.25, 0.3) is 0 Å². The second-order valence-electron chi connectivity index (χ2n) is 5.19. The summed E-state index contributed by atoms with van der Waals surface area (Å²) in [6.45, 7) is 8.61. The molecule has 1 aliphatic rings. The molecular weight excluding hydrogens is 324 g/mol. The lowest BCUT2D eigenvalue weighted by Gasteiger charge is -2.29. The summed E-state index contributed by atoms with van der Waals surface area (Å²) >= 11 is 0. The number of benzene rings is 1. The van der Waals surface area contributed by atoms with E-state index in [1.807, 2.05) is 45.9 Å². The molecule has 148 valence electrons. The molecule has 0 atom stereocenters. The fourth-order valence-corrected chi connectivity index (χ4v) is 2.50.